The summed E-state index contributed by atoms with van der Waals surface area (Å²) >= 11 is 0. The molecule has 0 radical (unpaired) electrons. The molecule has 20 N–H and O–H groups in total. The van der Waals surface area contributed by atoms with Gasteiger partial charge in [-0.15, -0.1) is 0 Å². The summed E-state index contributed by atoms with van der Waals surface area (Å²) in [7, 11) is 0. The molecule has 0 unspecified atom stereocenters. The summed E-state index contributed by atoms with van der Waals surface area (Å²) in [4.78, 5) is 40.3. The van der Waals surface area contributed by atoms with Crippen LogP contribution in [0.4, 0.5) is 0 Å². The number of aliphatic hydroxyl groups is 8. The van der Waals surface area contributed by atoms with E-state index in [4.69, 9.17) is 84.2 Å². The van der Waals surface area contributed by atoms with Crippen LogP contribution in [0.5, 0.6) is 0 Å². The van der Waals surface area contributed by atoms with Gasteiger partial charge in [0.1, 0.15) is 24.4 Å². The van der Waals surface area contributed by atoms with Crippen molar-refractivity contribution in [3.05, 3.63) is 0 Å². The minimum absolute atomic E-state index is 0.597. The van der Waals surface area contributed by atoms with Gasteiger partial charge in [-0.05, 0) is 0 Å². The third-order valence-corrected chi connectivity index (χ3v) is 3.34. The van der Waals surface area contributed by atoms with Gasteiger partial charge >= 0.3 is 23.9 Å². The zero-order valence-corrected chi connectivity index (χ0v) is 18.8. The molecule has 0 saturated carbocycles. The smallest absolute Gasteiger partial charge is 0.335 e. The van der Waals surface area contributed by atoms with Crippen molar-refractivity contribution in [2.24, 2.45) is 22.9 Å². The lowest BCUT2D eigenvalue weighted by Gasteiger charge is -2.21. The Balaban J connectivity index is -0.000000219. The lowest BCUT2D eigenvalue weighted by atomic mass is 10.0. The molecule has 0 rings (SSSR count). The Morgan fingerprint density at radius 3 is 0.556 bits per heavy atom. The maximum Gasteiger partial charge on any atom is 0.335 e. The van der Waals surface area contributed by atoms with Gasteiger partial charge in [0.2, 0.25) is 0 Å². The van der Waals surface area contributed by atoms with E-state index in [0.29, 0.717) is 26.2 Å². The molecule has 0 aromatic rings. The van der Waals surface area contributed by atoms with Crippen LogP contribution in [0.25, 0.3) is 0 Å². The summed E-state index contributed by atoms with van der Waals surface area (Å²) in [5.74, 6) is -7.36. The summed E-state index contributed by atoms with van der Waals surface area (Å²) in [6.45, 7) is 2.39. The SMILES string of the molecule is NCCN.NCCN.O=C(O)[C@@H](O)[C@H](O)[C@H](O)[C@@H](O)C(=O)O.O=C(O)[C@@H](O)[C@H](O)[C@H](O)[C@@H](O)C(=O)O. The van der Waals surface area contributed by atoms with Crippen LogP contribution in [0.3, 0.4) is 0 Å². The molecule has 0 bridgehead atoms. The highest BCUT2D eigenvalue weighted by Crippen LogP contribution is 2.06. The molecule has 20 nitrogen and oxygen atoms in total. The highest BCUT2D eigenvalue weighted by molar-refractivity contribution is 5.75. The molecular formula is C16H36N4O16. The van der Waals surface area contributed by atoms with Gasteiger partial charge in [-0.3, -0.25) is 0 Å². The average Bonchev–Trinajstić information content (AvgIpc) is 2.85. The van der Waals surface area contributed by atoms with Crippen LogP contribution >= 0.6 is 0 Å². The number of rotatable bonds is 12. The van der Waals surface area contributed by atoms with Gasteiger partial charge in [0.15, 0.2) is 24.4 Å². The Morgan fingerprint density at radius 2 is 0.500 bits per heavy atom. The number of carbonyl (C=O) groups is 4. The normalized spacial score (nSPS) is 16.8. The molecule has 216 valence electrons. The molecule has 0 heterocycles. The van der Waals surface area contributed by atoms with Gasteiger partial charge in [0.05, 0.1) is 0 Å². The first-order valence-corrected chi connectivity index (χ1v) is 9.56. The molecule has 36 heavy (non-hydrogen) atoms. The fourth-order valence-electron chi connectivity index (χ4n) is 1.33. The summed E-state index contributed by atoms with van der Waals surface area (Å²) in [5, 5.41) is 103. The number of hydrogen-bond donors (Lipinski definition) is 16. The second-order valence-electron chi connectivity index (χ2n) is 6.25. The van der Waals surface area contributed by atoms with Crippen molar-refractivity contribution in [2.45, 2.75) is 48.8 Å². The van der Waals surface area contributed by atoms with E-state index in [-0.39, 0.29) is 0 Å². The van der Waals surface area contributed by atoms with Crippen LogP contribution in [0, 0.1) is 0 Å². The number of hydrogen-bond acceptors (Lipinski definition) is 16. The predicted octanol–water partition coefficient (Wildman–Crippen LogP) is -8.99. The molecule has 20 heteroatoms. The standard InChI is InChI=1S/2C6H10O8.2C2H8N2/c2*7-1(3(9)5(11)12)2(8)4(10)6(13)14;2*3-1-2-4/h2*1-4,7-10H,(H,11,12)(H,13,14);2*1-4H2/t2*1-,2+,3+,4-;;. The van der Waals surface area contributed by atoms with Crippen LogP contribution in [-0.2, 0) is 19.2 Å². The van der Waals surface area contributed by atoms with Gasteiger partial charge in [-0.1, -0.05) is 0 Å². The maximum absolute atomic E-state index is 10.1. The van der Waals surface area contributed by atoms with E-state index in [1.54, 1.807) is 0 Å². The predicted molar refractivity (Wildman–Crippen MR) is 115 cm³/mol. The third kappa shape index (κ3) is 18.7. The van der Waals surface area contributed by atoms with Crippen molar-refractivity contribution in [3.63, 3.8) is 0 Å². The fraction of sp³-hybridized carbons (Fsp3) is 0.750. The minimum Gasteiger partial charge on any atom is -0.479 e. The van der Waals surface area contributed by atoms with E-state index in [1.807, 2.05) is 0 Å². The van der Waals surface area contributed by atoms with E-state index in [2.05, 4.69) is 0 Å². The van der Waals surface area contributed by atoms with E-state index in [0.717, 1.165) is 0 Å². The Kier molecular flexibility index (Phi) is 25.7. The first-order chi connectivity index (χ1) is 16.4. The number of carboxylic acids is 4. The Labute approximate surface area is 203 Å². The van der Waals surface area contributed by atoms with Gasteiger partial charge in [0.25, 0.3) is 0 Å². The van der Waals surface area contributed by atoms with Gasteiger partial charge < -0.3 is 84.2 Å². The molecule has 0 spiro atoms. The Hall–Kier alpha value is -2.60. The largest absolute Gasteiger partial charge is 0.479 e. The van der Waals surface area contributed by atoms with E-state index in [9.17, 15) is 19.2 Å². The van der Waals surface area contributed by atoms with E-state index >= 15 is 0 Å². The first kappa shape index (κ1) is 40.6. The lowest BCUT2D eigenvalue weighted by Crippen LogP contribution is -2.49. The molecule has 0 aromatic heterocycles. The minimum atomic E-state index is -2.36. The topological polar surface area (TPSA) is 415 Å². The van der Waals surface area contributed by atoms with Crippen molar-refractivity contribution in [2.75, 3.05) is 26.2 Å². The molecule has 0 fully saturated rings. The van der Waals surface area contributed by atoms with Crippen molar-refractivity contribution in [1.82, 2.24) is 0 Å². The molecule has 0 aliphatic carbocycles. The molecule has 0 saturated heterocycles. The van der Waals surface area contributed by atoms with Crippen LogP contribution in [0.2, 0.25) is 0 Å². The monoisotopic (exact) mass is 540 g/mol. The molecular weight excluding hydrogens is 504 g/mol. The fourth-order valence-corrected chi connectivity index (χ4v) is 1.33. The van der Waals surface area contributed by atoms with Crippen LogP contribution in [-0.4, -0.2) is 160 Å². The zero-order chi connectivity index (χ0) is 29.8. The van der Waals surface area contributed by atoms with Crippen molar-refractivity contribution >= 4 is 23.9 Å². The van der Waals surface area contributed by atoms with Gasteiger partial charge in [-0.2, -0.15) is 0 Å². The van der Waals surface area contributed by atoms with Crippen molar-refractivity contribution < 1.29 is 80.5 Å². The Bertz CT molecular complexity index is 523. The number of aliphatic carboxylic acids is 4. The van der Waals surface area contributed by atoms with Crippen molar-refractivity contribution in [3.8, 4) is 0 Å². The van der Waals surface area contributed by atoms with Crippen LogP contribution in [0.1, 0.15) is 0 Å². The highest BCUT2D eigenvalue weighted by Gasteiger charge is 2.38. The second kappa shape index (κ2) is 22.8. The molecule has 0 amide bonds. The maximum atomic E-state index is 10.1. The summed E-state index contributed by atoms with van der Waals surface area (Å²) in [5.41, 5.74) is 19.6. The Morgan fingerprint density at radius 1 is 0.389 bits per heavy atom. The summed E-state index contributed by atoms with van der Waals surface area (Å²) < 4.78 is 0. The number of carboxylic acid groups (broad SMARTS) is 4. The molecule has 0 aliphatic rings. The quantitative estimate of drug-likeness (QED) is 0.109. The third-order valence-electron chi connectivity index (χ3n) is 3.34. The lowest BCUT2D eigenvalue weighted by molar-refractivity contribution is -0.172. The van der Waals surface area contributed by atoms with Crippen LogP contribution < -0.4 is 22.9 Å². The van der Waals surface area contributed by atoms with Gasteiger partial charge in [0, 0.05) is 26.2 Å². The second-order valence-corrected chi connectivity index (χ2v) is 6.25. The van der Waals surface area contributed by atoms with Gasteiger partial charge in [-0.25, -0.2) is 19.2 Å². The van der Waals surface area contributed by atoms with E-state index < -0.39 is 72.7 Å². The highest BCUT2D eigenvalue weighted by atomic mass is 16.4. The van der Waals surface area contributed by atoms with Crippen molar-refractivity contribution in [1.29, 1.82) is 0 Å². The van der Waals surface area contributed by atoms with Crippen LogP contribution in [0.15, 0.2) is 0 Å². The summed E-state index contributed by atoms with van der Waals surface area (Å²) in [6, 6.07) is 0. The van der Waals surface area contributed by atoms with E-state index in [1.165, 1.54) is 0 Å². The number of nitrogens with two attached hydrogens (primary N) is 4. The molecule has 8 atom stereocenters. The zero-order valence-electron chi connectivity index (χ0n) is 18.8. The summed E-state index contributed by atoms with van der Waals surface area (Å²) in [6.07, 6.45) is -18.6. The molecule has 0 aliphatic heterocycles. The molecule has 0 aromatic carbocycles. The average molecular weight is 540 g/mol. The first-order valence-electron chi connectivity index (χ1n) is 9.56. The number of aliphatic hydroxyl groups excluding tert-OH is 8.